The number of aromatic nitrogens is 2. The van der Waals surface area contributed by atoms with Crippen LogP contribution >= 0.6 is 0 Å². The molecule has 114 valence electrons. The zero-order chi connectivity index (χ0) is 15.1. The van der Waals surface area contributed by atoms with E-state index in [0.717, 1.165) is 18.8 Å². The minimum absolute atomic E-state index is 0.198. The molecule has 5 nitrogen and oxygen atoms in total. The van der Waals surface area contributed by atoms with Crippen LogP contribution in [0.3, 0.4) is 0 Å². The molecule has 1 aromatic rings. The average Bonchev–Trinajstić information content (AvgIpc) is 2.86. The van der Waals surface area contributed by atoms with Gasteiger partial charge in [-0.15, -0.1) is 0 Å². The van der Waals surface area contributed by atoms with Crippen molar-refractivity contribution in [1.82, 2.24) is 14.5 Å². The van der Waals surface area contributed by atoms with Gasteiger partial charge in [-0.1, -0.05) is 13.8 Å². The molecule has 0 aliphatic heterocycles. The number of hydrogen-bond donors (Lipinski definition) is 1. The van der Waals surface area contributed by atoms with Crippen molar-refractivity contribution in [3.63, 3.8) is 0 Å². The molecular weight excluding hydrogens is 252 g/mol. The molecule has 0 saturated heterocycles. The van der Waals surface area contributed by atoms with E-state index < -0.39 is 0 Å². The van der Waals surface area contributed by atoms with Crippen LogP contribution in [0.2, 0.25) is 0 Å². The molecule has 0 aliphatic carbocycles. The van der Waals surface area contributed by atoms with Crippen LogP contribution in [0.5, 0.6) is 0 Å². The predicted octanol–water partition coefficient (Wildman–Crippen LogP) is 1.84. The number of carbonyl (C=O) groups excluding carboxylic acids is 1. The van der Waals surface area contributed by atoms with Gasteiger partial charge < -0.3 is 15.2 Å². The maximum absolute atomic E-state index is 12.1. The Labute approximate surface area is 122 Å². The van der Waals surface area contributed by atoms with E-state index in [0.29, 0.717) is 31.3 Å². The molecule has 0 bridgehead atoms. The van der Waals surface area contributed by atoms with Gasteiger partial charge in [-0.25, -0.2) is 4.98 Å². The second-order valence-corrected chi connectivity index (χ2v) is 5.41. The summed E-state index contributed by atoms with van der Waals surface area (Å²) < 4.78 is 2.07. The van der Waals surface area contributed by atoms with Crippen LogP contribution in [0.25, 0.3) is 0 Å². The first-order valence-electron chi connectivity index (χ1n) is 7.52. The monoisotopic (exact) mass is 280 g/mol. The number of carbonyl (C=O) groups is 1. The van der Waals surface area contributed by atoms with Crippen molar-refractivity contribution in [1.29, 1.82) is 0 Å². The maximum atomic E-state index is 12.1. The Morgan fingerprint density at radius 2 is 2.05 bits per heavy atom. The molecule has 0 spiro atoms. The van der Waals surface area contributed by atoms with Crippen LogP contribution in [0.15, 0.2) is 12.5 Å². The summed E-state index contributed by atoms with van der Waals surface area (Å²) in [5.74, 6) is 0.957. The normalized spacial score (nSPS) is 12.7. The molecule has 1 unspecified atom stereocenters. The maximum Gasteiger partial charge on any atom is 0.224 e. The smallest absolute Gasteiger partial charge is 0.224 e. The van der Waals surface area contributed by atoms with Gasteiger partial charge in [0.2, 0.25) is 5.91 Å². The van der Waals surface area contributed by atoms with E-state index in [9.17, 15) is 4.79 Å². The molecule has 0 saturated carbocycles. The summed E-state index contributed by atoms with van der Waals surface area (Å²) in [5, 5.41) is 0. The highest BCUT2D eigenvalue weighted by Gasteiger charge is 2.19. The van der Waals surface area contributed by atoms with Crippen LogP contribution in [0, 0.1) is 5.92 Å². The van der Waals surface area contributed by atoms with Crippen LogP contribution in [-0.2, 0) is 11.3 Å². The zero-order valence-corrected chi connectivity index (χ0v) is 13.2. The molecule has 1 aromatic heterocycles. The lowest BCUT2D eigenvalue weighted by Crippen LogP contribution is -2.31. The summed E-state index contributed by atoms with van der Waals surface area (Å²) in [5.41, 5.74) is 7.00. The largest absolute Gasteiger partial charge is 0.343 e. The summed E-state index contributed by atoms with van der Waals surface area (Å²) in [6, 6.07) is 0. The third-order valence-electron chi connectivity index (χ3n) is 3.87. The first-order chi connectivity index (χ1) is 9.54. The van der Waals surface area contributed by atoms with Crippen molar-refractivity contribution in [2.24, 2.45) is 11.7 Å². The molecule has 1 atom stereocenters. The van der Waals surface area contributed by atoms with Crippen molar-refractivity contribution in [3.8, 4) is 0 Å². The van der Waals surface area contributed by atoms with E-state index in [-0.39, 0.29) is 5.91 Å². The second-order valence-electron chi connectivity index (χ2n) is 5.41. The number of imidazole rings is 1. The summed E-state index contributed by atoms with van der Waals surface area (Å²) in [7, 11) is 0. The SMILES string of the molecule is CCN(CC)C(=O)CCn1cncc1C(CN)C(C)C. The number of amides is 1. The third-order valence-corrected chi connectivity index (χ3v) is 3.87. The van der Waals surface area contributed by atoms with Gasteiger partial charge in [0, 0.05) is 50.4 Å². The molecule has 0 aliphatic rings. The summed E-state index contributed by atoms with van der Waals surface area (Å²) in [6.07, 6.45) is 4.19. The fourth-order valence-corrected chi connectivity index (χ4v) is 2.51. The molecule has 5 heteroatoms. The molecule has 2 N–H and O–H groups in total. The topological polar surface area (TPSA) is 64.2 Å². The van der Waals surface area contributed by atoms with E-state index in [1.807, 2.05) is 24.9 Å². The Hall–Kier alpha value is -1.36. The van der Waals surface area contributed by atoms with Crippen LogP contribution < -0.4 is 5.73 Å². The van der Waals surface area contributed by atoms with E-state index in [2.05, 4.69) is 23.4 Å². The van der Waals surface area contributed by atoms with E-state index in [1.54, 1.807) is 6.33 Å². The lowest BCUT2D eigenvalue weighted by molar-refractivity contribution is -0.131. The highest BCUT2D eigenvalue weighted by molar-refractivity contribution is 5.76. The zero-order valence-electron chi connectivity index (χ0n) is 13.2. The first-order valence-corrected chi connectivity index (χ1v) is 7.52. The van der Waals surface area contributed by atoms with Gasteiger partial charge >= 0.3 is 0 Å². The van der Waals surface area contributed by atoms with Crippen molar-refractivity contribution in [3.05, 3.63) is 18.2 Å². The van der Waals surface area contributed by atoms with E-state index in [4.69, 9.17) is 5.73 Å². The Balaban J connectivity index is 2.70. The fourth-order valence-electron chi connectivity index (χ4n) is 2.51. The van der Waals surface area contributed by atoms with Crippen molar-refractivity contribution in [2.45, 2.75) is 46.6 Å². The van der Waals surface area contributed by atoms with Crippen molar-refractivity contribution in [2.75, 3.05) is 19.6 Å². The van der Waals surface area contributed by atoms with Gasteiger partial charge in [0.15, 0.2) is 0 Å². The molecule has 1 heterocycles. The molecule has 0 fully saturated rings. The molecule has 0 aromatic carbocycles. The quantitative estimate of drug-likeness (QED) is 0.790. The molecule has 20 heavy (non-hydrogen) atoms. The molecule has 1 amide bonds. The number of aryl methyl sites for hydroxylation is 1. The van der Waals surface area contributed by atoms with E-state index >= 15 is 0 Å². The average molecular weight is 280 g/mol. The van der Waals surface area contributed by atoms with Crippen molar-refractivity contribution >= 4 is 5.91 Å². The van der Waals surface area contributed by atoms with Gasteiger partial charge in [-0.3, -0.25) is 4.79 Å². The predicted molar refractivity (Wildman–Crippen MR) is 81.4 cm³/mol. The van der Waals surface area contributed by atoms with Crippen LogP contribution in [-0.4, -0.2) is 40.0 Å². The fraction of sp³-hybridized carbons (Fsp3) is 0.733. The van der Waals surface area contributed by atoms with Gasteiger partial charge in [0.25, 0.3) is 0 Å². The Kier molecular flexibility index (Phi) is 6.71. The highest BCUT2D eigenvalue weighted by Crippen LogP contribution is 2.23. The summed E-state index contributed by atoms with van der Waals surface area (Å²) in [4.78, 5) is 18.1. The van der Waals surface area contributed by atoms with Crippen molar-refractivity contribution < 1.29 is 4.79 Å². The van der Waals surface area contributed by atoms with Crippen LogP contribution in [0.1, 0.15) is 45.7 Å². The lowest BCUT2D eigenvalue weighted by Gasteiger charge is -2.22. The highest BCUT2D eigenvalue weighted by atomic mass is 16.2. The van der Waals surface area contributed by atoms with Gasteiger partial charge in [-0.2, -0.15) is 0 Å². The Morgan fingerprint density at radius 3 is 2.55 bits per heavy atom. The number of hydrogen-bond acceptors (Lipinski definition) is 3. The molecule has 0 radical (unpaired) electrons. The summed E-state index contributed by atoms with van der Waals surface area (Å²) in [6.45, 7) is 11.2. The number of rotatable bonds is 8. The Bertz CT molecular complexity index is 410. The number of nitrogens with two attached hydrogens (primary N) is 1. The minimum atomic E-state index is 0.198. The Morgan fingerprint density at radius 1 is 1.40 bits per heavy atom. The third kappa shape index (κ3) is 4.07. The lowest BCUT2D eigenvalue weighted by atomic mass is 9.93. The van der Waals surface area contributed by atoms with Crippen LogP contribution in [0.4, 0.5) is 0 Å². The molecule has 1 rings (SSSR count). The van der Waals surface area contributed by atoms with E-state index in [1.165, 1.54) is 0 Å². The van der Waals surface area contributed by atoms with Gasteiger partial charge in [0.1, 0.15) is 0 Å². The molecular formula is C15H28N4O. The second kappa shape index (κ2) is 8.04. The van der Waals surface area contributed by atoms with Gasteiger partial charge in [0.05, 0.1) is 6.33 Å². The minimum Gasteiger partial charge on any atom is -0.343 e. The standard InChI is InChI=1S/C15H28N4O/c1-5-18(6-2)15(20)7-8-19-11-17-10-14(19)13(9-16)12(3)4/h10-13H,5-9,16H2,1-4H3. The van der Waals surface area contributed by atoms with Gasteiger partial charge in [-0.05, 0) is 19.8 Å². The summed E-state index contributed by atoms with van der Waals surface area (Å²) >= 11 is 0. The number of nitrogens with zero attached hydrogens (tertiary/aromatic N) is 3. The first kappa shape index (κ1) is 16.7.